The molecular weight excluding hydrogens is 320 g/mol. The Morgan fingerprint density at radius 1 is 0.731 bits per heavy atom. The molecule has 130 valence electrons. The minimum Gasteiger partial charge on any atom is -0.465 e. The molecule has 2 heteroatoms. The number of hydrogen-bond acceptors (Lipinski definition) is 2. The third-order valence-corrected chi connectivity index (χ3v) is 5.62. The van der Waals surface area contributed by atoms with E-state index >= 15 is 0 Å². The Bertz CT molecular complexity index is 775. The molecule has 0 bridgehead atoms. The molecule has 1 saturated heterocycles. The summed E-state index contributed by atoms with van der Waals surface area (Å²) in [5.41, 5.74) is 3.13. The normalized spacial score (nSPS) is 20.0. The highest BCUT2D eigenvalue weighted by Gasteiger charge is 2.51. The van der Waals surface area contributed by atoms with Crippen LogP contribution in [0.5, 0.6) is 0 Å². The Morgan fingerprint density at radius 2 is 1.12 bits per heavy atom. The molecule has 0 aromatic heterocycles. The molecule has 1 fully saturated rings. The van der Waals surface area contributed by atoms with Gasteiger partial charge in [-0.25, -0.2) is 0 Å². The number of esters is 1. The van der Waals surface area contributed by atoms with Gasteiger partial charge in [-0.15, -0.1) is 0 Å². The summed E-state index contributed by atoms with van der Waals surface area (Å²) in [5, 5.41) is 0. The Balaban J connectivity index is 2.06. The van der Waals surface area contributed by atoms with Crippen LogP contribution in [-0.4, -0.2) is 12.6 Å². The molecule has 1 heterocycles. The Hall–Kier alpha value is -2.87. The molecule has 0 spiro atoms. The van der Waals surface area contributed by atoms with Gasteiger partial charge < -0.3 is 4.74 Å². The number of rotatable bonds is 4. The fraction of sp³-hybridized carbons (Fsp3) is 0.208. The lowest BCUT2D eigenvalue weighted by Crippen LogP contribution is -2.41. The molecule has 0 saturated carbocycles. The van der Waals surface area contributed by atoms with E-state index in [1.54, 1.807) is 0 Å². The highest BCUT2D eigenvalue weighted by atomic mass is 16.5. The molecule has 0 N–H and O–H groups in total. The highest BCUT2D eigenvalue weighted by Crippen LogP contribution is 2.50. The first-order valence-corrected chi connectivity index (χ1v) is 9.08. The van der Waals surface area contributed by atoms with Crippen LogP contribution in [0.2, 0.25) is 0 Å². The lowest BCUT2D eigenvalue weighted by atomic mass is 9.59. The molecular formula is C24H22O2. The zero-order valence-corrected chi connectivity index (χ0v) is 14.8. The van der Waals surface area contributed by atoms with Crippen molar-refractivity contribution in [1.29, 1.82) is 0 Å². The number of benzene rings is 3. The maximum Gasteiger partial charge on any atom is 0.309 e. The van der Waals surface area contributed by atoms with E-state index in [0.717, 1.165) is 0 Å². The van der Waals surface area contributed by atoms with Crippen LogP contribution in [0.25, 0.3) is 0 Å². The largest absolute Gasteiger partial charge is 0.465 e. The Morgan fingerprint density at radius 3 is 1.42 bits per heavy atom. The molecule has 0 aliphatic carbocycles. The molecule has 0 radical (unpaired) electrons. The number of carbonyl (C=O) groups is 1. The van der Waals surface area contributed by atoms with Gasteiger partial charge in [-0.2, -0.15) is 0 Å². The molecule has 3 aromatic rings. The van der Waals surface area contributed by atoms with Gasteiger partial charge in [0.25, 0.3) is 0 Å². The van der Waals surface area contributed by atoms with E-state index < -0.39 is 5.41 Å². The molecule has 0 unspecified atom stereocenters. The number of cyclic esters (lactones) is 1. The van der Waals surface area contributed by atoms with Gasteiger partial charge in [0.2, 0.25) is 0 Å². The van der Waals surface area contributed by atoms with Gasteiger partial charge in [0.05, 0.1) is 17.9 Å². The lowest BCUT2D eigenvalue weighted by Gasteiger charge is -2.41. The Labute approximate surface area is 154 Å². The fourth-order valence-electron chi connectivity index (χ4n) is 4.36. The van der Waals surface area contributed by atoms with Crippen LogP contribution >= 0.6 is 0 Å². The number of ether oxygens (including phenoxy) is 1. The molecule has 2 nitrogen and oxygen atoms in total. The third-order valence-electron chi connectivity index (χ3n) is 5.62. The first-order valence-electron chi connectivity index (χ1n) is 9.08. The maximum atomic E-state index is 12.3. The van der Waals surface area contributed by atoms with Gasteiger partial charge in [0.1, 0.15) is 0 Å². The minimum absolute atomic E-state index is 0.0298. The van der Waals surface area contributed by atoms with Gasteiger partial charge in [-0.05, 0) is 16.7 Å². The average molecular weight is 342 g/mol. The van der Waals surface area contributed by atoms with E-state index in [-0.39, 0.29) is 17.8 Å². The van der Waals surface area contributed by atoms with Crippen molar-refractivity contribution in [3.8, 4) is 0 Å². The highest BCUT2D eigenvalue weighted by molar-refractivity contribution is 5.75. The maximum absolute atomic E-state index is 12.3. The van der Waals surface area contributed by atoms with Gasteiger partial charge >= 0.3 is 5.97 Å². The van der Waals surface area contributed by atoms with Crippen molar-refractivity contribution in [2.75, 3.05) is 6.61 Å². The second kappa shape index (κ2) is 6.80. The summed E-state index contributed by atoms with van der Waals surface area (Å²) in [4.78, 5) is 12.3. The molecule has 1 aliphatic rings. The summed E-state index contributed by atoms with van der Waals surface area (Å²) in [6.07, 6.45) is 0. The van der Waals surface area contributed by atoms with E-state index in [1.807, 2.05) is 25.1 Å². The van der Waals surface area contributed by atoms with Crippen LogP contribution in [0.15, 0.2) is 91.0 Å². The van der Waals surface area contributed by atoms with Crippen LogP contribution in [0.3, 0.4) is 0 Å². The molecule has 3 aromatic carbocycles. The van der Waals surface area contributed by atoms with Crippen molar-refractivity contribution in [3.63, 3.8) is 0 Å². The van der Waals surface area contributed by atoms with Crippen LogP contribution in [0.4, 0.5) is 0 Å². The summed E-state index contributed by atoms with van der Waals surface area (Å²) in [6.45, 7) is 2.42. The topological polar surface area (TPSA) is 26.3 Å². The second-order valence-corrected chi connectivity index (χ2v) is 6.93. The summed E-state index contributed by atoms with van der Waals surface area (Å²) < 4.78 is 5.51. The van der Waals surface area contributed by atoms with Crippen molar-refractivity contribution in [1.82, 2.24) is 0 Å². The molecule has 1 aliphatic heterocycles. The first kappa shape index (κ1) is 16.6. The van der Waals surface area contributed by atoms with Crippen molar-refractivity contribution in [2.24, 2.45) is 11.8 Å². The summed E-state index contributed by atoms with van der Waals surface area (Å²) in [7, 11) is 0. The van der Waals surface area contributed by atoms with E-state index in [1.165, 1.54) is 16.7 Å². The fourth-order valence-corrected chi connectivity index (χ4v) is 4.36. The Kier molecular flexibility index (Phi) is 4.34. The zero-order chi connectivity index (χ0) is 18.0. The van der Waals surface area contributed by atoms with E-state index in [0.29, 0.717) is 6.61 Å². The van der Waals surface area contributed by atoms with Crippen LogP contribution < -0.4 is 0 Å². The van der Waals surface area contributed by atoms with E-state index in [9.17, 15) is 4.79 Å². The monoisotopic (exact) mass is 342 g/mol. The summed E-state index contributed by atoms with van der Waals surface area (Å²) >= 11 is 0. The number of carbonyl (C=O) groups excluding carboxylic acids is 1. The van der Waals surface area contributed by atoms with Crippen molar-refractivity contribution in [2.45, 2.75) is 12.3 Å². The first-order chi connectivity index (χ1) is 12.7. The van der Waals surface area contributed by atoms with Crippen molar-refractivity contribution < 1.29 is 9.53 Å². The smallest absolute Gasteiger partial charge is 0.309 e. The van der Waals surface area contributed by atoms with Gasteiger partial charge in [-0.1, -0.05) is 97.9 Å². The average Bonchev–Trinajstić information content (AvgIpc) is 3.04. The van der Waals surface area contributed by atoms with Crippen LogP contribution in [0.1, 0.15) is 23.6 Å². The molecule has 4 rings (SSSR count). The van der Waals surface area contributed by atoms with Crippen molar-refractivity contribution >= 4 is 5.97 Å². The predicted molar refractivity (Wildman–Crippen MR) is 103 cm³/mol. The lowest BCUT2D eigenvalue weighted by molar-refractivity contribution is -0.140. The van der Waals surface area contributed by atoms with Crippen molar-refractivity contribution in [3.05, 3.63) is 108 Å². The van der Waals surface area contributed by atoms with Gasteiger partial charge in [-0.3, -0.25) is 4.79 Å². The molecule has 2 atom stereocenters. The van der Waals surface area contributed by atoms with Crippen LogP contribution in [-0.2, 0) is 14.9 Å². The predicted octanol–water partition coefficient (Wildman–Crippen LogP) is 4.83. The summed E-state index contributed by atoms with van der Waals surface area (Å²) in [5.74, 6) is -0.250. The standard InChI is InChI=1S/C24H22O2/c1-18-22(17-26-23(18)25)24(19-11-5-2-6-12-19,20-13-7-3-8-14-20)21-15-9-4-10-16-21/h2-16,18,22H,17H2,1H3/t18-,22-/m1/s1. The second-order valence-electron chi connectivity index (χ2n) is 6.93. The molecule has 26 heavy (non-hydrogen) atoms. The zero-order valence-electron chi connectivity index (χ0n) is 14.8. The summed E-state index contributed by atoms with van der Waals surface area (Å²) in [6, 6.07) is 31.5. The van der Waals surface area contributed by atoms with E-state index in [2.05, 4.69) is 72.8 Å². The van der Waals surface area contributed by atoms with E-state index in [4.69, 9.17) is 4.74 Å². The third kappa shape index (κ3) is 2.53. The number of hydrogen-bond donors (Lipinski definition) is 0. The minimum atomic E-state index is -0.435. The SMILES string of the molecule is C[C@H]1C(=O)OC[C@H]1C(c1ccccc1)(c1ccccc1)c1ccccc1. The van der Waals surface area contributed by atoms with Gasteiger partial charge in [0.15, 0.2) is 0 Å². The quantitative estimate of drug-likeness (QED) is 0.501. The van der Waals surface area contributed by atoms with Gasteiger partial charge in [0, 0.05) is 5.92 Å². The van der Waals surface area contributed by atoms with Crippen LogP contribution in [0, 0.1) is 11.8 Å². The molecule has 0 amide bonds.